The molecule has 0 unspecified atom stereocenters. The van der Waals surface area contributed by atoms with Crippen LogP contribution >= 0.6 is 11.3 Å². The molecule has 8 heteroatoms. The molecule has 0 aliphatic carbocycles. The number of rotatable bonds is 5. The van der Waals surface area contributed by atoms with Gasteiger partial charge < -0.3 is 10.2 Å². The summed E-state index contributed by atoms with van der Waals surface area (Å²) in [5.74, 6) is -0.632. The molecule has 2 aromatic heterocycles. The summed E-state index contributed by atoms with van der Waals surface area (Å²) in [6, 6.07) is 13.9. The Bertz CT molecular complexity index is 1200. The Morgan fingerprint density at radius 1 is 1.21 bits per heavy atom. The summed E-state index contributed by atoms with van der Waals surface area (Å²) in [5, 5.41) is 8.04. The van der Waals surface area contributed by atoms with Crippen LogP contribution in [0.25, 0.3) is 16.0 Å². The third-order valence-corrected chi connectivity index (χ3v) is 5.71. The monoisotopic (exact) mass is 409 g/mol. The van der Waals surface area contributed by atoms with E-state index in [4.69, 9.17) is 4.98 Å². The fourth-order valence-corrected chi connectivity index (χ4v) is 4.02. The third-order valence-electron chi connectivity index (χ3n) is 4.44. The minimum atomic E-state index is -0.390. The number of hydrogen-bond acceptors (Lipinski definition) is 5. The lowest BCUT2D eigenvalue weighted by molar-refractivity contribution is -0.114. The molecule has 148 valence electrons. The van der Waals surface area contributed by atoms with Gasteiger partial charge in [0.05, 0.1) is 22.6 Å². The lowest BCUT2D eigenvalue weighted by atomic mass is 10.2. The largest absolute Gasteiger partial charge is 0.342 e. The fourth-order valence-electron chi connectivity index (χ4n) is 3.08. The van der Waals surface area contributed by atoms with E-state index in [1.54, 1.807) is 17.0 Å². The maximum absolute atomic E-state index is 13.3. The molecule has 2 aromatic carbocycles. The summed E-state index contributed by atoms with van der Waals surface area (Å²) in [6.07, 6.45) is 0. The van der Waals surface area contributed by atoms with Gasteiger partial charge in [-0.05, 0) is 49.7 Å². The van der Waals surface area contributed by atoms with E-state index in [-0.39, 0.29) is 12.5 Å². The fraction of sp³-hybridized carbons (Fsp3) is 0.190. The SMILES string of the molecule is Cc1cccc(-n2nc(C)c3sc(N(C)CC(=O)Nc4cccc(F)c4)nc32)c1. The number of halogens is 1. The number of amides is 1. The second-order valence-corrected chi connectivity index (χ2v) is 7.88. The maximum atomic E-state index is 13.3. The molecule has 29 heavy (non-hydrogen) atoms. The van der Waals surface area contributed by atoms with Gasteiger partial charge in [-0.15, -0.1) is 0 Å². The molecule has 1 N–H and O–H groups in total. The summed E-state index contributed by atoms with van der Waals surface area (Å²) in [4.78, 5) is 18.8. The number of benzene rings is 2. The minimum absolute atomic E-state index is 0.101. The number of aromatic nitrogens is 3. The lowest BCUT2D eigenvalue weighted by Gasteiger charge is -2.15. The standard InChI is InChI=1S/C21H20FN5OS/c1-13-6-4-9-17(10-13)27-20-19(14(2)25-27)29-21(24-20)26(3)12-18(28)23-16-8-5-7-15(22)11-16/h4-11H,12H2,1-3H3,(H,23,28). The molecule has 4 aromatic rings. The van der Waals surface area contributed by atoms with Crippen molar-refractivity contribution in [3.05, 3.63) is 65.6 Å². The average molecular weight is 409 g/mol. The molecule has 0 bridgehead atoms. The number of carbonyl (C=O) groups is 1. The zero-order valence-corrected chi connectivity index (χ0v) is 17.1. The Labute approximate surface area is 171 Å². The Morgan fingerprint density at radius 2 is 2.00 bits per heavy atom. The molecule has 0 fully saturated rings. The summed E-state index contributed by atoms with van der Waals surface area (Å²) < 4.78 is 16.1. The van der Waals surface area contributed by atoms with E-state index in [0.29, 0.717) is 5.69 Å². The molecule has 0 radical (unpaired) electrons. The summed E-state index contributed by atoms with van der Waals surface area (Å²) in [5.41, 5.74) is 4.18. The van der Waals surface area contributed by atoms with Gasteiger partial charge in [-0.25, -0.2) is 9.07 Å². The van der Waals surface area contributed by atoms with Crippen molar-refractivity contribution in [2.24, 2.45) is 0 Å². The molecule has 2 heterocycles. The predicted molar refractivity (Wildman–Crippen MR) is 115 cm³/mol. The van der Waals surface area contributed by atoms with Crippen LogP contribution in [-0.4, -0.2) is 34.3 Å². The molecular weight excluding hydrogens is 389 g/mol. The first-order chi connectivity index (χ1) is 13.9. The molecule has 4 rings (SSSR count). The van der Waals surface area contributed by atoms with E-state index in [1.165, 1.54) is 23.5 Å². The van der Waals surface area contributed by atoms with Crippen LogP contribution in [0.4, 0.5) is 15.2 Å². The highest BCUT2D eigenvalue weighted by Gasteiger charge is 2.18. The highest BCUT2D eigenvalue weighted by molar-refractivity contribution is 7.22. The minimum Gasteiger partial charge on any atom is -0.342 e. The predicted octanol–water partition coefficient (Wildman–Crippen LogP) is 4.31. The molecule has 0 atom stereocenters. The third kappa shape index (κ3) is 3.97. The van der Waals surface area contributed by atoms with Crippen molar-refractivity contribution >= 4 is 38.4 Å². The average Bonchev–Trinajstić information content (AvgIpc) is 3.22. The van der Waals surface area contributed by atoms with Gasteiger partial charge in [-0.3, -0.25) is 4.79 Å². The van der Waals surface area contributed by atoms with E-state index < -0.39 is 5.82 Å². The number of nitrogens with one attached hydrogen (secondary N) is 1. The van der Waals surface area contributed by atoms with Crippen molar-refractivity contribution in [1.29, 1.82) is 0 Å². The first-order valence-corrected chi connectivity index (χ1v) is 9.92. The van der Waals surface area contributed by atoms with Crippen LogP contribution in [-0.2, 0) is 4.79 Å². The normalized spacial score (nSPS) is 11.0. The number of carbonyl (C=O) groups excluding carboxylic acids is 1. The van der Waals surface area contributed by atoms with Crippen LogP contribution in [0.3, 0.4) is 0 Å². The van der Waals surface area contributed by atoms with Crippen LogP contribution in [0, 0.1) is 19.7 Å². The number of fused-ring (bicyclic) bond motifs is 1. The number of nitrogens with zero attached hydrogens (tertiary/aromatic N) is 4. The van der Waals surface area contributed by atoms with E-state index in [2.05, 4.69) is 16.5 Å². The molecular formula is C21H20FN5OS. The molecule has 0 aliphatic heterocycles. The van der Waals surface area contributed by atoms with Gasteiger partial charge in [0.1, 0.15) is 5.82 Å². The van der Waals surface area contributed by atoms with Crippen molar-refractivity contribution in [2.45, 2.75) is 13.8 Å². The molecule has 1 amide bonds. The number of thiazole rings is 1. The maximum Gasteiger partial charge on any atom is 0.243 e. The van der Waals surface area contributed by atoms with Gasteiger partial charge in [-0.1, -0.05) is 29.5 Å². The molecule has 0 aliphatic rings. The Balaban J connectivity index is 1.56. The highest BCUT2D eigenvalue weighted by Crippen LogP contribution is 2.32. The Hall–Kier alpha value is -3.26. The summed E-state index contributed by atoms with van der Waals surface area (Å²) in [6.45, 7) is 4.09. The van der Waals surface area contributed by atoms with Crippen molar-refractivity contribution in [1.82, 2.24) is 14.8 Å². The van der Waals surface area contributed by atoms with Crippen LogP contribution in [0.1, 0.15) is 11.3 Å². The zero-order valence-electron chi connectivity index (χ0n) is 16.3. The summed E-state index contributed by atoms with van der Waals surface area (Å²) in [7, 11) is 1.81. The topological polar surface area (TPSA) is 63.1 Å². The first kappa shape index (κ1) is 19.1. The van der Waals surface area contributed by atoms with Crippen LogP contribution < -0.4 is 10.2 Å². The second kappa shape index (κ2) is 7.63. The van der Waals surface area contributed by atoms with Gasteiger partial charge in [0.2, 0.25) is 5.91 Å². The van der Waals surface area contributed by atoms with E-state index in [0.717, 1.165) is 32.4 Å². The quantitative estimate of drug-likeness (QED) is 0.533. The van der Waals surface area contributed by atoms with Gasteiger partial charge in [0.25, 0.3) is 0 Å². The van der Waals surface area contributed by atoms with E-state index in [9.17, 15) is 9.18 Å². The van der Waals surface area contributed by atoms with Crippen LogP contribution in [0.15, 0.2) is 48.5 Å². The van der Waals surface area contributed by atoms with Crippen LogP contribution in [0.2, 0.25) is 0 Å². The van der Waals surface area contributed by atoms with Crippen molar-refractivity contribution < 1.29 is 9.18 Å². The highest BCUT2D eigenvalue weighted by atomic mass is 32.1. The van der Waals surface area contributed by atoms with Crippen molar-refractivity contribution in [2.75, 3.05) is 23.8 Å². The van der Waals surface area contributed by atoms with E-state index in [1.807, 2.05) is 43.8 Å². The first-order valence-electron chi connectivity index (χ1n) is 9.10. The van der Waals surface area contributed by atoms with Gasteiger partial charge >= 0.3 is 0 Å². The molecule has 0 saturated heterocycles. The zero-order chi connectivity index (χ0) is 20.5. The van der Waals surface area contributed by atoms with Gasteiger partial charge in [-0.2, -0.15) is 10.1 Å². The molecule has 0 saturated carbocycles. The summed E-state index contributed by atoms with van der Waals surface area (Å²) >= 11 is 1.49. The molecule has 6 nitrogen and oxygen atoms in total. The number of hydrogen-bond donors (Lipinski definition) is 1. The smallest absolute Gasteiger partial charge is 0.243 e. The van der Waals surface area contributed by atoms with Crippen molar-refractivity contribution in [3.63, 3.8) is 0 Å². The number of anilines is 2. The van der Waals surface area contributed by atoms with Gasteiger partial charge in [0, 0.05) is 12.7 Å². The van der Waals surface area contributed by atoms with Crippen molar-refractivity contribution in [3.8, 4) is 5.69 Å². The Morgan fingerprint density at radius 3 is 2.76 bits per heavy atom. The number of likely N-dealkylation sites (N-methyl/N-ethyl adjacent to an activating group) is 1. The van der Waals surface area contributed by atoms with Gasteiger partial charge in [0.15, 0.2) is 10.8 Å². The lowest BCUT2D eigenvalue weighted by Crippen LogP contribution is -2.30. The van der Waals surface area contributed by atoms with E-state index >= 15 is 0 Å². The molecule has 0 spiro atoms. The Kier molecular flexibility index (Phi) is 5.02. The number of aryl methyl sites for hydroxylation is 2. The second-order valence-electron chi connectivity index (χ2n) is 6.90. The van der Waals surface area contributed by atoms with Crippen LogP contribution in [0.5, 0.6) is 0 Å².